The largest absolute Gasteiger partial charge is 0.338 e. The highest BCUT2D eigenvalue weighted by Crippen LogP contribution is 2.24. The van der Waals surface area contributed by atoms with Gasteiger partial charge in [-0.05, 0) is 29.7 Å². The Morgan fingerprint density at radius 1 is 1.04 bits per heavy atom. The quantitative estimate of drug-likeness (QED) is 0.684. The molecule has 0 fully saturated rings. The molecular formula is C20H18ClN3O. The molecule has 3 aromatic rings. The first kappa shape index (κ1) is 16.1. The fraction of sp³-hybridized carbons (Fsp3) is 0.200. The van der Waals surface area contributed by atoms with Crippen LogP contribution in [0.5, 0.6) is 0 Å². The number of rotatable bonds is 4. The van der Waals surface area contributed by atoms with Crippen LogP contribution < -0.4 is 0 Å². The molecule has 1 aromatic heterocycles. The molecule has 4 nitrogen and oxygen atoms in total. The van der Waals surface area contributed by atoms with Gasteiger partial charge in [-0.25, -0.2) is 0 Å². The molecule has 0 aliphatic carbocycles. The molecular weight excluding hydrogens is 334 g/mol. The van der Waals surface area contributed by atoms with Crippen molar-refractivity contribution in [2.45, 2.75) is 13.0 Å². The molecule has 0 spiro atoms. The Labute approximate surface area is 151 Å². The van der Waals surface area contributed by atoms with Gasteiger partial charge in [0.1, 0.15) is 0 Å². The molecule has 0 unspecified atom stereocenters. The van der Waals surface area contributed by atoms with Crippen molar-refractivity contribution in [1.29, 1.82) is 0 Å². The number of nitrogens with zero attached hydrogens (tertiary/aromatic N) is 3. The molecule has 0 N–H and O–H groups in total. The fourth-order valence-corrected chi connectivity index (χ4v) is 3.21. The summed E-state index contributed by atoms with van der Waals surface area (Å²) in [4.78, 5) is 6.80. The minimum absolute atomic E-state index is 0.579. The second-order valence-electron chi connectivity index (χ2n) is 6.10. The Morgan fingerprint density at radius 3 is 2.64 bits per heavy atom. The lowest BCUT2D eigenvalue weighted by molar-refractivity contribution is 0.245. The van der Waals surface area contributed by atoms with Crippen LogP contribution in [-0.4, -0.2) is 28.1 Å². The van der Waals surface area contributed by atoms with E-state index in [2.05, 4.69) is 45.4 Å². The first-order valence-corrected chi connectivity index (χ1v) is 8.71. The van der Waals surface area contributed by atoms with Gasteiger partial charge in [0, 0.05) is 23.7 Å². The Bertz CT molecular complexity index is 889. The average molecular weight is 352 g/mol. The maximum Gasteiger partial charge on any atom is 0.241 e. The lowest BCUT2D eigenvalue weighted by Crippen LogP contribution is -2.28. The first-order chi connectivity index (χ1) is 12.3. The number of halogens is 1. The van der Waals surface area contributed by atoms with E-state index in [9.17, 15) is 0 Å². The molecule has 126 valence electrons. The molecule has 0 saturated heterocycles. The van der Waals surface area contributed by atoms with Crippen LogP contribution in [0.4, 0.5) is 0 Å². The summed E-state index contributed by atoms with van der Waals surface area (Å²) in [6.45, 7) is 2.53. The van der Waals surface area contributed by atoms with Crippen LogP contribution in [0.15, 0.2) is 65.2 Å². The lowest BCUT2D eigenvalue weighted by atomic mass is 10.00. The van der Waals surface area contributed by atoms with Gasteiger partial charge in [0.2, 0.25) is 11.7 Å². The highest BCUT2D eigenvalue weighted by atomic mass is 35.5. The van der Waals surface area contributed by atoms with Gasteiger partial charge in [0.25, 0.3) is 0 Å². The van der Waals surface area contributed by atoms with Gasteiger partial charge in [-0.1, -0.05) is 65.3 Å². The molecule has 1 aliphatic heterocycles. The van der Waals surface area contributed by atoms with Crippen molar-refractivity contribution in [1.82, 2.24) is 15.0 Å². The smallest absolute Gasteiger partial charge is 0.241 e. The zero-order valence-corrected chi connectivity index (χ0v) is 14.5. The maximum atomic E-state index is 6.02. The highest BCUT2D eigenvalue weighted by Gasteiger charge is 2.16. The van der Waals surface area contributed by atoms with Crippen molar-refractivity contribution in [2.24, 2.45) is 0 Å². The van der Waals surface area contributed by atoms with Crippen LogP contribution in [0.25, 0.3) is 17.0 Å². The Balaban J connectivity index is 1.42. The van der Waals surface area contributed by atoms with E-state index in [0.717, 1.165) is 25.1 Å². The van der Waals surface area contributed by atoms with Crippen molar-refractivity contribution in [3.05, 3.63) is 77.2 Å². The van der Waals surface area contributed by atoms with Gasteiger partial charge in [0.15, 0.2) is 0 Å². The summed E-state index contributed by atoms with van der Waals surface area (Å²) in [5.74, 6) is 1.21. The highest BCUT2D eigenvalue weighted by molar-refractivity contribution is 6.30. The first-order valence-electron chi connectivity index (χ1n) is 8.33. The third-order valence-corrected chi connectivity index (χ3v) is 4.58. The molecule has 2 aromatic carbocycles. The van der Waals surface area contributed by atoms with Crippen LogP contribution in [-0.2, 0) is 6.54 Å². The summed E-state index contributed by atoms with van der Waals surface area (Å²) in [5.41, 5.74) is 3.58. The maximum absolute atomic E-state index is 6.02. The number of hydrogen-bond acceptors (Lipinski definition) is 4. The van der Waals surface area contributed by atoms with Crippen molar-refractivity contribution in [3.8, 4) is 11.4 Å². The summed E-state index contributed by atoms with van der Waals surface area (Å²) in [6, 6.07) is 18.0. The molecule has 1 aliphatic rings. The molecule has 0 amide bonds. The van der Waals surface area contributed by atoms with Crippen LogP contribution in [0, 0.1) is 0 Å². The van der Waals surface area contributed by atoms with Gasteiger partial charge in [-0.2, -0.15) is 4.98 Å². The second-order valence-corrected chi connectivity index (χ2v) is 6.54. The van der Waals surface area contributed by atoms with Crippen molar-refractivity contribution in [3.63, 3.8) is 0 Å². The lowest BCUT2D eigenvalue weighted by Gasteiger charge is -2.24. The summed E-state index contributed by atoms with van der Waals surface area (Å²) in [7, 11) is 0. The normalized spacial score (nSPS) is 15.2. The molecule has 0 radical (unpaired) electrons. The summed E-state index contributed by atoms with van der Waals surface area (Å²) in [5, 5.41) is 4.73. The van der Waals surface area contributed by atoms with Crippen molar-refractivity contribution >= 4 is 17.2 Å². The third-order valence-electron chi connectivity index (χ3n) is 4.35. The van der Waals surface area contributed by atoms with Crippen LogP contribution in [0.2, 0.25) is 5.02 Å². The number of hydrogen-bond donors (Lipinski definition) is 0. The Hall–Kier alpha value is -2.43. The van der Waals surface area contributed by atoms with E-state index in [4.69, 9.17) is 16.1 Å². The average Bonchev–Trinajstić information content (AvgIpc) is 3.12. The molecule has 0 atom stereocenters. The zero-order chi connectivity index (χ0) is 17.1. The Kier molecular flexibility index (Phi) is 4.63. The zero-order valence-electron chi connectivity index (χ0n) is 13.7. The fourth-order valence-electron chi connectivity index (χ4n) is 3.02. The van der Waals surface area contributed by atoms with Crippen molar-refractivity contribution < 1.29 is 4.52 Å². The van der Waals surface area contributed by atoms with E-state index >= 15 is 0 Å². The topological polar surface area (TPSA) is 42.2 Å². The summed E-state index contributed by atoms with van der Waals surface area (Å²) < 4.78 is 5.41. The SMILES string of the molecule is Clc1cccc(-c2noc(CN3CC=C(c4ccccc4)CC3)n2)c1. The molecule has 0 bridgehead atoms. The van der Waals surface area contributed by atoms with E-state index in [1.54, 1.807) is 0 Å². The van der Waals surface area contributed by atoms with Gasteiger partial charge in [0.05, 0.1) is 6.54 Å². The van der Waals surface area contributed by atoms with Crippen LogP contribution >= 0.6 is 11.6 Å². The third kappa shape index (κ3) is 3.81. The van der Waals surface area contributed by atoms with E-state index in [-0.39, 0.29) is 0 Å². The van der Waals surface area contributed by atoms with E-state index in [0.29, 0.717) is 23.3 Å². The summed E-state index contributed by atoms with van der Waals surface area (Å²) >= 11 is 6.02. The molecule has 4 rings (SSSR count). The van der Waals surface area contributed by atoms with Gasteiger partial charge >= 0.3 is 0 Å². The van der Waals surface area contributed by atoms with Gasteiger partial charge in [-0.3, -0.25) is 4.90 Å². The van der Waals surface area contributed by atoms with Crippen molar-refractivity contribution in [2.75, 3.05) is 13.1 Å². The standard InChI is InChI=1S/C20H18ClN3O/c21-18-8-4-7-17(13-18)20-22-19(25-23-20)14-24-11-9-16(10-12-24)15-5-2-1-3-6-15/h1-9,13H,10-12,14H2. The predicted molar refractivity (Wildman–Crippen MR) is 99.1 cm³/mol. The molecule has 25 heavy (non-hydrogen) atoms. The molecule has 5 heteroatoms. The van der Waals surface area contributed by atoms with Gasteiger partial charge in [-0.15, -0.1) is 0 Å². The summed E-state index contributed by atoms with van der Waals surface area (Å²) in [6.07, 6.45) is 3.31. The molecule has 2 heterocycles. The monoisotopic (exact) mass is 351 g/mol. The molecule has 0 saturated carbocycles. The number of benzene rings is 2. The van der Waals surface area contributed by atoms with E-state index in [1.165, 1.54) is 11.1 Å². The second kappa shape index (κ2) is 7.21. The van der Waals surface area contributed by atoms with E-state index < -0.39 is 0 Å². The van der Waals surface area contributed by atoms with Crippen LogP contribution in [0.1, 0.15) is 17.9 Å². The van der Waals surface area contributed by atoms with Crippen LogP contribution in [0.3, 0.4) is 0 Å². The van der Waals surface area contributed by atoms with Gasteiger partial charge < -0.3 is 4.52 Å². The van der Waals surface area contributed by atoms with E-state index in [1.807, 2.05) is 30.3 Å². The minimum Gasteiger partial charge on any atom is -0.338 e. The predicted octanol–water partition coefficient (Wildman–Crippen LogP) is 4.68. The Morgan fingerprint density at radius 2 is 1.88 bits per heavy atom. The minimum atomic E-state index is 0.579. The number of aromatic nitrogens is 2.